The lowest BCUT2D eigenvalue weighted by Gasteiger charge is -2.31. The number of quaternary nitrogens is 2. The van der Waals surface area contributed by atoms with Crippen molar-refractivity contribution in [2.75, 3.05) is 46.9 Å². The third-order valence-electron chi connectivity index (χ3n) is 6.38. The van der Waals surface area contributed by atoms with Crippen LogP contribution in [-0.2, 0) is 11.3 Å². The summed E-state index contributed by atoms with van der Waals surface area (Å²) in [4.78, 5) is 15.3. The maximum Gasteiger partial charge on any atom is 0.276 e. The molecule has 0 bridgehead atoms. The van der Waals surface area contributed by atoms with E-state index in [1.165, 1.54) is 20.9 Å². The van der Waals surface area contributed by atoms with Crippen molar-refractivity contribution in [3.8, 4) is 17.6 Å². The first-order valence-electron chi connectivity index (χ1n) is 10.5. The maximum atomic E-state index is 12.5. The number of nitrogens with one attached hydrogen (secondary N) is 3. The molecule has 0 unspecified atom stereocenters. The van der Waals surface area contributed by atoms with Gasteiger partial charge in [0, 0.05) is 5.56 Å². The number of benzene rings is 1. The molecule has 1 aliphatic heterocycles. The number of carbonyl (C=O) groups excluding carboxylic acids is 1. The molecule has 1 aromatic carbocycles. The number of carbonyl (C=O) groups is 1. The van der Waals surface area contributed by atoms with E-state index in [0.29, 0.717) is 12.5 Å². The Balaban J connectivity index is 1.49. The molecule has 3 N–H and O–H groups in total. The van der Waals surface area contributed by atoms with Crippen LogP contribution in [0.2, 0.25) is 0 Å². The van der Waals surface area contributed by atoms with E-state index >= 15 is 0 Å². The summed E-state index contributed by atoms with van der Waals surface area (Å²) in [6, 6.07) is 6.41. The van der Waals surface area contributed by atoms with E-state index in [4.69, 9.17) is 9.47 Å². The molecule has 2 aliphatic rings. The predicted octanol–water partition coefficient (Wildman–Crippen LogP) is -0.896. The Hall–Kier alpha value is -2.30. The minimum atomic E-state index is -0.700. The molecule has 158 valence electrons. The van der Waals surface area contributed by atoms with E-state index in [9.17, 15) is 10.1 Å². The molecule has 1 aliphatic carbocycles. The zero-order valence-corrected chi connectivity index (χ0v) is 18.1. The monoisotopic (exact) mass is 402 g/mol. The van der Waals surface area contributed by atoms with Crippen molar-refractivity contribution in [1.29, 1.82) is 5.26 Å². The molecule has 3 rings (SSSR count). The molecule has 0 radical (unpaired) electrons. The largest absolute Gasteiger partial charge is 0.493 e. The standard InChI is InChI=1S/C22H32N4O3/c1-16-11-19(28-3)20(29-4)12-17(16)13-25-7-9-26(10-8-25)14-21(27)24-22(2,15-23)18-5-6-18/h11-12,18H,5-10,13-14H2,1-4H3,(H,24,27)/p+2/t22-/m1/s1. The van der Waals surface area contributed by atoms with Crippen LogP contribution in [-0.4, -0.2) is 58.4 Å². The molecule has 1 saturated carbocycles. The molecule has 2 fully saturated rings. The number of rotatable bonds is 8. The molecule has 7 heteroatoms. The first-order valence-corrected chi connectivity index (χ1v) is 10.5. The topological polar surface area (TPSA) is 80.2 Å². The van der Waals surface area contributed by atoms with E-state index in [0.717, 1.165) is 57.1 Å². The van der Waals surface area contributed by atoms with Crippen molar-refractivity contribution in [3.05, 3.63) is 23.3 Å². The summed E-state index contributed by atoms with van der Waals surface area (Å²) in [5.74, 6) is 1.84. The van der Waals surface area contributed by atoms with Gasteiger partial charge in [-0.3, -0.25) is 4.79 Å². The quantitative estimate of drug-likeness (QED) is 0.527. The van der Waals surface area contributed by atoms with Crippen molar-refractivity contribution >= 4 is 5.91 Å². The Morgan fingerprint density at radius 1 is 1.17 bits per heavy atom. The fourth-order valence-corrected chi connectivity index (χ4v) is 4.24. The van der Waals surface area contributed by atoms with Gasteiger partial charge in [0.1, 0.15) is 38.3 Å². The van der Waals surface area contributed by atoms with Gasteiger partial charge in [0.25, 0.3) is 5.91 Å². The molecule has 1 heterocycles. The van der Waals surface area contributed by atoms with Gasteiger partial charge in [-0.05, 0) is 50.3 Å². The normalized spacial score (nSPS) is 23.6. The highest BCUT2D eigenvalue weighted by Crippen LogP contribution is 2.39. The minimum Gasteiger partial charge on any atom is -0.493 e. The lowest BCUT2D eigenvalue weighted by atomic mass is 9.98. The van der Waals surface area contributed by atoms with Gasteiger partial charge < -0.3 is 24.6 Å². The summed E-state index contributed by atoms with van der Waals surface area (Å²) in [5, 5.41) is 12.4. The average Bonchev–Trinajstić information content (AvgIpc) is 3.56. The second-order valence-corrected chi connectivity index (χ2v) is 8.62. The third kappa shape index (κ3) is 5.20. The number of methoxy groups -OCH3 is 2. The first-order chi connectivity index (χ1) is 13.9. The number of amides is 1. The molecule has 1 atom stereocenters. The Morgan fingerprint density at radius 3 is 2.31 bits per heavy atom. The van der Waals surface area contributed by atoms with Crippen LogP contribution in [0.15, 0.2) is 12.1 Å². The van der Waals surface area contributed by atoms with E-state index in [1.54, 1.807) is 14.2 Å². The molecular weight excluding hydrogens is 368 g/mol. The highest BCUT2D eigenvalue weighted by atomic mass is 16.5. The van der Waals surface area contributed by atoms with E-state index in [2.05, 4.69) is 24.4 Å². The summed E-state index contributed by atoms with van der Waals surface area (Å²) in [6.07, 6.45) is 2.07. The molecule has 0 spiro atoms. The molecule has 1 saturated heterocycles. The summed E-state index contributed by atoms with van der Waals surface area (Å²) in [7, 11) is 3.32. The summed E-state index contributed by atoms with van der Waals surface area (Å²) in [5.41, 5.74) is 1.78. The molecule has 7 nitrogen and oxygen atoms in total. The lowest BCUT2D eigenvalue weighted by molar-refractivity contribution is -1.02. The highest BCUT2D eigenvalue weighted by molar-refractivity contribution is 5.78. The number of piperazine rings is 1. The van der Waals surface area contributed by atoms with Crippen LogP contribution in [0.4, 0.5) is 0 Å². The number of hydrogen-bond donors (Lipinski definition) is 3. The van der Waals surface area contributed by atoms with Gasteiger partial charge in [-0.1, -0.05) is 0 Å². The predicted molar refractivity (Wildman–Crippen MR) is 109 cm³/mol. The highest BCUT2D eigenvalue weighted by Gasteiger charge is 2.43. The number of nitriles is 1. The van der Waals surface area contributed by atoms with Crippen molar-refractivity contribution < 1.29 is 24.1 Å². The van der Waals surface area contributed by atoms with Gasteiger partial charge >= 0.3 is 0 Å². The van der Waals surface area contributed by atoms with Crippen molar-refractivity contribution in [3.63, 3.8) is 0 Å². The van der Waals surface area contributed by atoms with Gasteiger partial charge in [0.15, 0.2) is 18.0 Å². The van der Waals surface area contributed by atoms with E-state index < -0.39 is 5.54 Å². The lowest BCUT2D eigenvalue weighted by Crippen LogP contribution is -3.28. The Morgan fingerprint density at radius 2 is 1.76 bits per heavy atom. The van der Waals surface area contributed by atoms with Gasteiger partial charge in [-0.15, -0.1) is 0 Å². The molecule has 1 aromatic rings. The zero-order chi connectivity index (χ0) is 21.0. The number of ether oxygens (including phenoxy) is 2. The third-order valence-corrected chi connectivity index (χ3v) is 6.38. The van der Waals surface area contributed by atoms with Crippen LogP contribution in [0.5, 0.6) is 11.5 Å². The first kappa shape index (κ1) is 21.4. The van der Waals surface area contributed by atoms with Crippen LogP contribution in [0.3, 0.4) is 0 Å². The summed E-state index contributed by atoms with van der Waals surface area (Å²) >= 11 is 0. The Kier molecular flexibility index (Phi) is 6.66. The van der Waals surface area contributed by atoms with Crippen LogP contribution in [0.25, 0.3) is 0 Å². The fraction of sp³-hybridized carbons (Fsp3) is 0.636. The second kappa shape index (κ2) is 9.02. The Bertz CT molecular complexity index is 779. The zero-order valence-electron chi connectivity index (χ0n) is 18.1. The van der Waals surface area contributed by atoms with Crippen LogP contribution in [0.1, 0.15) is 30.9 Å². The van der Waals surface area contributed by atoms with Crippen molar-refractivity contribution in [2.45, 2.75) is 38.8 Å². The number of hydrogen-bond acceptors (Lipinski definition) is 4. The average molecular weight is 403 g/mol. The molecular formula is C22H34N4O3+2. The van der Waals surface area contributed by atoms with E-state index in [-0.39, 0.29) is 5.91 Å². The molecule has 0 aromatic heterocycles. The second-order valence-electron chi connectivity index (χ2n) is 8.62. The van der Waals surface area contributed by atoms with Gasteiger partial charge in [0.05, 0.1) is 20.3 Å². The molecule has 29 heavy (non-hydrogen) atoms. The number of nitrogens with zero attached hydrogens (tertiary/aromatic N) is 1. The maximum absolute atomic E-state index is 12.5. The van der Waals surface area contributed by atoms with Crippen LogP contribution < -0.4 is 24.6 Å². The van der Waals surface area contributed by atoms with Gasteiger partial charge in [-0.2, -0.15) is 5.26 Å². The van der Waals surface area contributed by atoms with Crippen molar-refractivity contribution in [2.24, 2.45) is 5.92 Å². The van der Waals surface area contributed by atoms with Crippen molar-refractivity contribution in [1.82, 2.24) is 5.32 Å². The minimum absolute atomic E-state index is 0.00450. The number of aryl methyl sites for hydroxylation is 1. The van der Waals surface area contributed by atoms with Gasteiger partial charge in [0.2, 0.25) is 0 Å². The summed E-state index contributed by atoms with van der Waals surface area (Å²) < 4.78 is 10.8. The Labute approximate surface area is 173 Å². The SMILES string of the molecule is COc1cc(C)c(C[NH+]2CC[NH+](CC(=O)N[C@](C)(C#N)C3CC3)CC2)cc1OC. The van der Waals surface area contributed by atoms with E-state index in [1.807, 2.05) is 13.0 Å². The smallest absolute Gasteiger partial charge is 0.276 e. The van der Waals surface area contributed by atoms with Crippen LogP contribution >= 0.6 is 0 Å². The summed E-state index contributed by atoms with van der Waals surface area (Å²) in [6.45, 7) is 9.32. The van der Waals surface area contributed by atoms with Gasteiger partial charge in [-0.25, -0.2) is 0 Å². The van der Waals surface area contributed by atoms with Crippen LogP contribution in [0, 0.1) is 24.2 Å². The fourth-order valence-electron chi connectivity index (χ4n) is 4.24. The molecule has 1 amide bonds.